The number of aromatic nitrogens is 2. The zero-order valence-corrected chi connectivity index (χ0v) is 16.5. The number of piperidine rings is 1. The van der Waals surface area contributed by atoms with E-state index in [1.165, 1.54) is 6.42 Å². The van der Waals surface area contributed by atoms with E-state index in [-0.39, 0.29) is 29.3 Å². The molecule has 27 heavy (non-hydrogen) atoms. The highest BCUT2D eigenvalue weighted by molar-refractivity contribution is 6.27. The third kappa shape index (κ3) is 3.86. The van der Waals surface area contributed by atoms with E-state index in [0.717, 1.165) is 58.0 Å². The van der Waals surface area contributed by atoms with Gasteiger partial charge in [-0.15, -0.1) is 11.6 Å². The monoisotopic (exact) mass is 392 g/mol. The maximum Gasteiger partial charge on any atom is 0.235 e. The first-order valence-electron chi connectivity index (χ1n) is 10.3. The molecule has 0 spiro atoms. The second kappa shape index (κ2) is 7.82. The van der Waals surface area contributed by atoms with E-state index in [4.69, 9.17) is 11.6 Å². The van der Waals surface area contributed by atoms with Crippen LogP contribution in [0.1, 0.15) is 57.4 Å². The molecule has 2 aliphatic carbocycles. The fourth-order valence-corrected chi connectivity index (χ4v) is 5.23. The van der Waals surface area contributed by atoms with Crippen molar-refractivity contribution in [2.45, 2.75) is 62.9 Å². The Morgan fingerprint density at radius 1 is 1.15 bits per heavy atom. The lowest BCUT2D eigenvalue weighted by Gasteiger charge is -2.40. The van der Waals surface area contributed by atoms with Crippen LogP contribution in [0, 0.1) is 11.8 Å². The molecule has 3 fully saturated rings. The third-order valence-corrected chi connectivity index (χ3v) is 7.04. The molecule has 2 amide bonds. The molecular formula is C20H29ClN4O2. The van der Waals surface area contributed by atoms with E-state index in [9.17, 15) is 9.59 Å². The lowest BCUT2D eigenvalue weighted by molar-refractivity contribution is -0.140. The fourth-order valence-electron chi connectivity index (χ4n) is 5.16. The molecule has 1 saturated heterocycles. The predicted octanol–water partition coefficient (Wildman–Crippen LogP) is 2.74. The van der Waals surface area contributed by atoms with Crippen molar-refractivity contribution in [2.24, 2.45) is 11.8 Å². The van der Waals surface area contributed by atoms with E-state index >= 15 is 0 Å². The molecule has 4 rings (SSSR count). The first kappa shape index (κ1) is 18.8. The molecule has 1 aliphatic heterocycles. The van der Waals surface area contributed by atoms with Crippen molar-refractivity contribution < 1.29 is 9.59 Å². The van der Waals surface area contributed by atoms with Crippen molar-refractivity contribution in [2.75, 3.05) is 19.0 Å². The topological polar surface area (TPSA) is 67.2 Å². The molecule has 0 aromatic carbocycles. The second-order valence-electron chi connectivity index (χ2n) is 8.38. The summed E-state index contributed by atoms with van der Waals surface area (Å²) in [7, 11) is 0. The summed E-state index contributed by atoms with van der Waals surface area (Å²) in [6.07, 6.45) is 12.1. The van der Waals surface area contributed by atoms with Gasteiger partial charge < -0.3 is 10.2 Å². The summed E-state index contributed by atoms with van der Waals surface area (Å²) < 4.78 is 1.98. The largest absolute Gasteiger partial charge is 0.349 e. The molecule has 7 heteroatoms. The average molecular weight is 393 g/mol. The Hall–Kier alpha value is -1.56. The summed E-state index contributed by atoms with van der Waals surface area (Å²) in [5.41, 5.74) is -0.0520. The van der Waals surface area contributed by atoms with Crippen LogP contribution >= 0.6 is 11.6 Å². The lowest BCUT2D eigenvalue weighted by atomic mass is 9.82. The average Bonchev–Trinajstić information content (AvgIpc) is 3.28. The van der Waals surface area contributed by atoms with Gasteiger partial charge in [-0.05, 0) is 50.5 Å². The third-order valence-electron chi connectivity index (χ3n) is 6.80. The van der Waals surface area contributed by atoms with E-state index in [0.29, 0.717) is 11.8 Å². The molecule has 2 heterocycles. The minimum absolute atomic E-state index is 0.0234. The number of likely N-dealkylation sites (tertiary alicyclic amines) is 1. The number of alkyl halides is 1. The maximum absolute atomic E-state index is 13.3. The van der Waals surface area contributed by atoms with Crippen LogP contribution in [0.15, 0.2) is 18.5 Å². The standard InChI is InChI=1S/C20H29ClN4O2/c21-14-18(26)23-20(8-9-20)15-6-12-24(13-7-15)19(27)16-4-1-2-5-17(16)25-11-3-10-22-25/h3,10-11,15-17H,1-2,4-9,12-14H2,(H,23,26). The summed E-state index contributed by atoms with van der Waals surface area (Å²) in [5, 5.41) is 7.53. The second-order valence-corrected chi connectivity index (χ2v) is 8.65. The molecule has 6 nitrogen and oxygen atoms in total. The minimum atomic E-state index is -0.0723. The van der Waals surface area contributed by atoms with Gasteiger partial charge in [0.05, 0.1) is 12.0 Å². The Kier molecular flexibility index (Phi) is 5.44. The molecule has 1 aromatic heterocycles. The molecular weight excluding hydrogens is 364 g/mol. The highest BCUT2D eigenvalue weighted by atomic mass is 35.5. The van der Waals surface area contributed by atoms with Crippen molar-refractivity contribution in [3.8, 4) is 0 Å². The zero-order valence-electron chi connectivity index (χ0n) is 15.8. The van der Waals surface area contributed by atoms with Crippen molar-refractivity contribution >= 4 is 23.4 Å². The van der Waals surface area contributed by atoms with Gasteiger partial charge in [0.2, 0.25) is 11.8 Å². The van der Waals surface area contributed by atoms with Crippen LogP contribution in [0.5, 0.6) is 0 Å². The predicted molar refractivity (Wildman–Crippen MR) is 103 cm³/mol. The summed E-state index contributed by atoms with van der Waals surface area (Å²) in [6.45, 7) is 1.59. The van der Waals surface area contributed by atoms with E-state index in [2.05, 4.69) is 15.3 Å². The number of carbonyl (C=O) groups is 2. The highest BCUT2D eigenvalue weighted by Crippen LogP contribution is 2.47. The Morgan fingerprint density at radius 2 is 1.89 bits per heavy atom. The van der Waals surface area contributed by atoms with E-state index in [1.54, 1.807) is 6.20 Å². The summed E-state index contributed by atoms with van der Waals surface area (Å²) >= 11 is 5.66. The van der Waals surface area contributed by atoms with Crippen LogP contribution in [0.4, 0.5) is 0 Å². The maximum atomic E-state index is 13.3. The van der Waals surface area contributed by atoms with E-state index in [1.807, 2.05) is 16.9 Å². The Labute approximate surface area is 165 Å². The summed E-state index contributed by atoms with van der Waals surface area (Å²) in [5.74, 6) is 0.749. The summed E-state index contributed by atoms with van der Waals surface area (Å²) in [6, 6.07) is 2.13. The number of halogens is 1. The SMILES string of the molecule is O=C(CCl)NC1(C2CCN(C(=O)C3CCCCC3n3cccn3)CC2)CC1. The Bertz CT molecular complexity index is 666. The number of hydrogen-bond donors (Lipinski definition) is 1. The smallest absolute Gasteiger partial charge is 0.235 e. The number of nitrogens with zero attached hydrogens (tertiary/aromatic N) is 3. The van der Waals surface area contributed by atoms with Crippen LogP contribution in [-0.2, 0) is 9.59 Å². The molecule has 2 atom stereocenters. The van der Waals surface area contributed by atoms with Gasteiger partial charge in [0.25, 0.3) is 0 Å². The molecule has 148 valence electrons. The number of carbonyl (C=O) groups excluding carboxylic acids is 2. The Balaban J connectivity index is 1.36. The van der Waals surface area contributed by atoms with Gasteiger partial charge in [-0.3, -0.25) is 14.3 Å². The first-order valence-corrected chi connectivity index (χ1v) is 10.8. The van der Waals surface area contributed by atoms with Crippen LogP contribution in [0.2, 0.25) is 0 Å². The highest BCUT2D eigenvalue weighted by Gasteiger charge is 2.51. The molecule has 1 N–H and O–H groups in total. The molecule has 0 bridgehead atoms. The molecule has 0 radical (unpaired) electrons. The molecule has 1 aromatic rings. The number of rotatable bonds is 5. The van der Waals surface area contributed by atoms with Gasteiger partial charge in [-0.1, -0.05) is 12.8 Å². The Morgan fingerprint density at radius 3 is 2.52 bits per heavy atom. The zero-order chi connectivity index (χ0) is 18.9. The number of nitrogens with one attached hydrogen (secondary N) is 1. The minimum Gasteiger partial charge on any atom is -0.349 e. The molecule has 3 aliphatic rings. The van der Waals surface area contributed by atoms with Crippen molar-refractivity contribution in [3.63, 3.8) is 0 Å². The van der Waals surface area contributed by atoms with Gasteiger partial charge in [-0.2, -0.15) is 5.10 Å². The number of hydrogen-bond acceptors (Lipinski definition) is 3. The van der Waals surface area contributed by atoms with Gasteiger partial charge in [0.1, 0.15) is 5.88 Å². The lowest BCUT2D eigenvalue weighted by Crippen LogP contribution is -2.50. The van der Waals surface area contributed by atoms with Crippen LogP contribution in [0.3, 0.4) is 0 Å². The van der Waals surface area contributed by atoms with Crippen LogP contribution in [0.25, 0.3) is 0 Å². The van der Waals surface area contributed by atoms with Gasteiger partial charge in [0, 0.05) is 31.0 Å². The van der Waals surface area contributed by atoms with Crippen molar-refractivity contribution in [1.82, 2.24) is 20.0 Å². The van der Waals surface area contributed by atoms with Gasteiger partial charge in [-0.25, -0.2) is 0 Å². The van der Waals surface area contributed by atoms with E-state index < -0.39 is 0 Å². The number of amides is 2. The van der Waals surface area contributed by atoms with Crippen LogP contribution in [-0.4, -0.2) is 51.0 Å². The molecule has 2 unspecified atom stereocenters. The van der Waals surface area contributed by atoms with Gasteiger partial charge >= 0.3 is 0 Å². The molecule has 2 saturated carbocycles. The first-order chi connectivity index (χ1) is 13.1. The summed E-state index contributed by atoms with van der Waals surface area (Å²) in [4.78, 5) is 27.0. The normalized spacial score (nSPS) is 28.0. The van der Waals surface area contributed by atoms with Crippen LogP contribution < -0.4 is 5.32 Å². The van der Waals surface area contributed by atoms with Crippen molar-refractivity contribution in [1.29, 1.82) is 0 Å². The quantitative estimate of drug-likeness (QED) is 0.783. The van der Waals surface area contributed by atoms with Gasteiger partial charge in [0.15, 0.2) is 0 Å². The fraction of sp³-hybridized carbons (Fsp3) is 0.750. The van der Waals surface area contributed by atoms with Crippen molar-refractivity contribution in [3.05, 3.63) is 18.5 Å².